The van der Waals surface area contributed by atoms with Gasteiger partial charge >= 0.3 is 0 Å². The number of nitrogens with zero attached hydrogens (tertiary/aromatic N) is 2. The van der Waals surface area contributed by atoms with Gasteiger partial charge < -0.3 is 15.2 Å². The van der Waals surface area contributed by atoms with Crippen LogP contribution in [0.2, 0.25) is 0 Å². The summed E-state index contributed by atoms with van der Waals surface area (Å²) in [6.45, 7) is 3.92. The Labute approximate surface area is 180 Å². The Morgan fingerprint density at radius 1 is 1.00 bits per heavy atom. The van der Waals surface area contributed by atoms with E-state index in [1.807, 2.05) is 66.9 Å². The largest absolute Gasteiger partial charge is 0.493 e. The monoisotopic (exact) mass is 417 g/mol. The van der Waals surface area contributed by atoms with Crippen LogP contribution in [-0.4, -0.2) is 30.6 Å². The predicted molar refractivity (Wildman–Crippen MR) is 119 cm³/mol. The third-order valence-electron chi connectivity index (χ3n) is 5.33. The van der Waals surface area contributed by atoms with Crippen molar-refractivity contribution in [2.75, 3.05) is 19.1 Å². The minimum Gasteiger partial charge on any atom is -0.493 e. The first-order chi connectivity index (χ1) is 14.9. The van der Waals surface area contributed by atoms with Gasteiger partial charge in [-0.1, -0.05) is 18.2 Å². The zero-order valence-electron chi connectivity index (χ0n) is 17.8. The van der Waals surface area contributed by atoms with Crippen molar-refractivity contribution in [2.45, 2.75) is 13.8 Å². The molecule has 2 amide bonds. The molecule has 1 aromatic heterocycles. The van der Waals surface area contributed by atoms with Crippen LogP contribution >= 0.6 is 0 Å². The van der Waals surface area contributed by atoms with Gasteiger partial charge in [-0.15, -0.1) is 0 Å². The molecule has 2 aromatic carbocycles. The number of methoxy groups -OCH3 is 2. The van der Waals surface area contributed by atoms with Gasteiger partial charge in [-0.2, -0.15) is 0 Å². The first-order valence-corrected chi connectivity index (χ1v) is 9.73. The summed E-state index contributed by atoms with van der Waals surface area (Å²) < 4.78 is 12.8. The maximum atomic E-state index is 13.5. The second-order valence-corrected chi connectivity index (χ2v) is 7.29. The molecule has 1 aliphatic heterocycles. The number of amides is 2. The fourth-order valence-electron chi connectivity index (χ4n) is 4.09. The summed E-state index contributed by atoms with van der Waals surface area (Å²) in [5, 5.41) is 0. The fourth-order valence-corrected chi connectivity index (χ4v) is 4.09. The maximum Gasteiger partial charge on any atom is 0.264 e. The number of aryl methyl sites for hydroxylation is 2. The number of ether oxygens (including phenoxy) is 2. The first-order valence-electron chi connectivity index (χ1n) is 9.73. The van der Waals surface area contributed by atoms with Crippen molar-refractivity contribution in [3.05, 3.63) is 71.4 Å². The number of primary amides is 1. The maximum absolute atomic E-state index is 13.5. The smallest absolute Gasteiger partial charge is 0.264 e. The quantitative estimate of drug-likeness (QED) is 0.642. The highest BCUT2D eigenvalue weighted by molar-refractivity contribution is 6.37. The number of aromatic nitrogens is 1. The van der Waals surface area contributed by atoms with Gasteiger partial charge in [-0.25, -0.2) is 0 Å². The molecule has 0 atom stereocenters. The van der Waals surface area contributed by atoms with Crippen molar-refractivity contribution in [3.63, 3.8) is 0 Å². The van der Waals surface area contributed by atoms with E-state index in [0.717, 1.165) is 16.9 Å². The van der Waals surface area contributed by atoms with Crippen LogP contribution < -0.4 is 20.1 Å². The first kappa shape index (κ1) is 20.3. The molecule has 2 N–H and O–H groups in total. The van der Waals surface area contributed by atoms with Gasteiger partial charge in [0.15, 0.2) is 11.5 Å². The van der Waals surface area contributed by atoms with Crippen molar-refractivity contribution in [2.24, 2.45) is 5.73 Å². The molecule has 0 spiro atoms. The van der Waals surface area contributed by atoms with Gasteiger partial charge in [-0.05, 0) is 43.7 Å². The van der Waals surface area contributed by atoms with Gasteiger partial charge in [0.25, 0.3) is 5.91 Å². The fraction of sp³-hybridized carbons (Fsp3) is 0.167. The molecule has 158 valence electrons. The molecule has 0 fully saturated rings. The van der Waals surface area contributed by atoms with E-state index in [1.54, 1.807) is 19.1 Å². The molecule has 0 unspecified atom stereocenters. The number of nitrogens with two attached hydrogens (primary N) is 1. The van der Waals surface area contributed by atoms with Crippen LogP contribution in [0.1, 0.15) is 16.8 Å². The van der Waals surface area contributed by atoms with E-state index >= 15 is 0 Å². The molecule has 31 heavy (non-hydrogen) atoms. The standard InChI is InChI=1S/C24H23N3O4/c1-14-11-15(2)26(16-9-10-20(30-3)21(12-16)31-4)23(14)27-19-8-6-5-7-17(19)18(24(27)29)13-22(25)28/h5-13H,1-4H3,(H2,25,28)/b18-13+. The lowest BCUT2D eigenvalue weighted by molar-refractivity contribution is -0.115. The summed E-state index contributed by atoms with van der Waals surface area (Å²) in [7, 11) is 3.16. The van der Waals surface area contributed by atoms with Crippen molar-refractivity contribution in [1.82, 2.24) is 4.57 Å². The van der Waals surface area contributed by atoms with Crippen LogP contribution in [-0.2, 0) is 9.59 Å². The molecule has 0 bridgehead atoms. The Balaban J connectivity index is 1.95. The molecule has 0 saturated carbocycles. The average Bonchev–Trinajstić information content (AvgIpc) is 3.19. The summed E-state index contributed by atoms with van der Waals surface area (Å²) in [6.07, 6.45) is 1.19. The van der Waals surface area contributed by atoms with E-state index in [1.165, 1.54) is 6.08 Å². The molecule has 0 radical (unpaired) electrons. The molecule has 2 heterocycles. The molecule has 1 aliphatic rings. The molecule has 0 aliphatic carbocycles. The van der Waals surface area contributed by atoms with Crippen LogP contribution in [0.15, 0.2) is 54.6 Å². The van der Waals surface area contributed by atoms with Crippen LogP contribution in [0.3, 0.4) is 0 Å². The molecular weight excluding hydrogens is 394 g/mol. The molecular formula is C24H23N3O4. The van der Waals surface area contributed by atoms with E-state index < -0.39 is 5.91 Å². The summed E-state index contributed by atoms with van der Waals surface area (Å²) in [6, 6.07) is 15.0. The second-order valence-electron chi connectivity index (χ2n) is 7.29. The number of rotatable bonds is 5. The van der Waals surface area contributed by atoms with E-state index in [9.17, 15) is 9.59 Å². The lowest BCUT2D eigenvalue weighted by atomic mass is 10.1. The summed E-state index contributed by atoms with van der Waals surface area (Å²) in [4.78, 5) is 26.7. The van der Waals surface area contributed by atoms with Crippen molar-refractivity contribution in [1.29, 1.82) is 0 Å². The zero-order chi connectivity index (χ0) is 22.3. The third kappa shape index (κ3) is 3.24. The predicted octanol–water partition coefficient (Wildman–Crippen LogP) is 3.66. The number of fused-ring (bicyclic) bond motifs is 1. The second kappa shape index (κ2) is 7.68. The van der Waals surface area contributed by atoms with E-state index in [-0.39, 0.29) is 11.5 Å². The van der Waals surface area contributed by atoms with Crippen LogP contribution in [0.25, 0.3) is 11.3 Å². The van der Waals surface area contributed by atoms with Gasteiger partial charge in [0.05, 0.1) is 31.2 Å². The van der Waals surface area contributed by atoms with Crippen LogP contribution in [0.4, 0.5) is 11.5 Å². The molecule has 4 rings (SSSR count). The Hall–Kier alpha value is -4.00. The van der Waals surface area contributed by atoms with Crippen molar-refractivity contribution < 1.29 is 19.1 Å². The number of benzene rings is 2. The minimum atomic E-state index is -0.664. The normalized spacial score (nSPS) is 14.1. The molecule has 3 aromatic rings. The Morgan fingerprint density at radius 2 is 1.71 bits per heavy atom. The number of carbonyl (C=O) groups is 2. The van der Waals surface area contributed by atoms with Gasteiger partial charge in [-0.3, -0.25) is 19.1 Å². The Kier molecular flexibility index (Phi) is 5.02. The summed E-state index contributed by atoms with van der Waals surface area (Å²) >= 11 is 0. The van der Waals surface area contributed by atoms with Gasteiger partial charge in [0.1, 0.15) is 5.82 Å². The van der Waals surface area contributed by atoms with E-state index in [0.29, 0.717) is 28.6 Å². The highest BCUT2D eigenvalue weighted by Crippen LogP contribution is 2.44. The molecule has 7 heteroatoms. The Bertz CT molecular complexity index is 1240. The Morgan fingerprint density at radius 3 is 2.39 bits per heavy atom. The average molecular weight is 417 g/mol. The van der Waals surface area contributed by atoms with Crippen molar-refractivity contribution in [3.8, 4) is 17.2 Å². The van der Waals surface area contributed by atoms with E-state index in [4.69, 9.17) is 15.2 Å². The summed E-state index contributed by atoms with van der Waals surface area (Å²) in [5.74, 6) is 0.920. The zero-order valence-corrected chi connectivity index (χ0v) is 17.8. The number of hydrogen-bond acceptors (Lipinski definition) is 4. The highest BCUT2D eigenvalue weighted by Gasteiger charge is 2.36. The van der Waals surface area contributed by atoms with Crippen molar-refractivity contribution >= 4 is 28.9 Å². The number of hydrogen-bond donors (Lipinski definition) is 1. The van der Waals surface area contributed by atoms with Gasteiger partial charge in [0, 0.05) is 23.4 Å². The number of anilines is 2. The topological polar surface area (TPSA) is 86.8 Å². The third-order valence-corrected chi connectivity index (χ3v) is 5.33. The number of carbonyl (C=O) groups excluding carboxylic acids is 2. The summed E-state index contributed by atoms with van der Waals surface area (Å²) in [5.41, 5.74) is 9.69. The number of para-hydroxylation sites is 1. The lowest BCUT2D eigenvalue weighted by Gasteiger charge is -2.22. The highest BCUT2D eigenvalue weighted by atomic mass is 16.5. The van der Waals surface area contributed by atoms with Crippen LogP contribution in [0.5, 0.6) is 11.5 Å². The molecule has 7 nitrogen and oxygen atoms in total. The minimum absolute atomic E-state index is 0.278. The van der Waals surface area contributed by atoms with Gasteiger partial charge in [0.2, 0.25) is 5.91 Å². The SMILES string of the molecule is COc1ccc(-n2c(C)cc(C)c2N2C(=O)/C(=C/C(N)=O)c3ccccc32)cc1OC. The van der Waals surface area contributed by atoms with E-state index in [2.05, 4.69) is 0 Å². The molecule has 0 saturated heterocycles. The van der Waals surface area contributed by atoms with Crippen LogP contribution in [0, 0.1) is 13.8 Å². The lowest BCUT2D eigenvalue weighted by Crippen LogP contribution is -2.24.